The SMILES string of the molecule is COc1ccc(C2CCCN2CC(=O)Nc2cc(F)ccc2F)c(OC)c1. The number of methoxy groups -OCH3 is 2. The zero-order chi connectivity index (χ0) is 19.4. The van der Waals surface area contributed by atoms with E-state index in [9.17, 15) is 13.6 Å². The van der Waals surface area contributed by atoms with Gasteiger partial charge >= 0.3 is 0 Å². The maximum Gasteiger partial charge on any atom is 0.238 e. The quantitative estimate of drug-likeness (QED) is 0.834. The second-order valence-corrected chi connectivity index (χ2v) is 6.41. The Morgan fingerprint density at radius 2 is 2.00 bits per heavy atom. The highest BCUT2D eigenvalue weighted by molar-refractivity contribution is 5.92. The molecule has 2 aromatic rings. The Morgan fingerprint density at radius 1 is 1.19 bits per heavy atom. The van der Waals surface area contributed by atoms with E-state index in [-0.39, 0.29) is 24.2 Å². The van der Waals surface area contributed by atoms with Crippen LogP contribution < -0.4 is 14.8 Å². The molecule has 1 aliphatic heterocycles. The first kappa shape index (κ1) is 19.1. The van der Waals surface area contributed by atoms with E-state index in [1.54, 1.807) is 14.2 Å². The third kappa shape index (κ3) is 4.36. The molecule has 27 heavy (non-hydrogen) atoms. The molecule has 0 saturated carbocycles. The molecule has 144 valence electrons. The number of carbonyl (C=O) groups excluding carboxylic acids is 1. The highest BCUT2D eigenvalue weighted by Gasteiger charge is 2.30. The summed E-state index contributed by atoms with van der Waals surface area (Å²) in [6.45, 7) is 0.814. The number of anilines is 1. The van der Waals surface area contributed by atoms with Crippen molar-refractivity contribution >= 4 is 11.6 Å². The number of rotatable bonds is 6. The predicted molar refractivity (Wildman–Crippen MR) is 98.1 cm³/mol. The largest absolute Gasteiger partial charge is 0.497 e. The van der Waals surface area contributed by atoms with Gasteiger partial charge in [-0.3, -0.25) is 9.69 Å². The number of likely N-dealkylation sites (tertiary alicyclic amines) is 1. The fourth-order valence-electron chi connectivity index (χ4n) is 3.43. The number of hydrogen-bond acceptors (Lipinski definition) is 4. The number of ether oxygens (including phenoxy) is 2. The van der Waals surface area contributed by atoms with E-state index in [0.29, 0.717) is 11.5 Å². The summed E-state index contributed by atoms with van der Waals surface area (Å²) in [7, 11) is 3.18. The zero-order valence-electron chi connectivity index (χ0n) is 15.3. The van der Waals surface area contributed by atoms with Crippen LogP contribution in [0.25, 0.3) is 0 Å². The van der Waals surface area contributed by atoms with Gasteiger partial charge in [-0.05, 0) is 37.6 Å². The van der Waals surface area contributed by atoms with E-state index in [1.807, 2.05) is 23.1 Å². The van der Waals surface area contributed by atoms with Gasteiger partial charge in [-0.2, -0.15) is 0 Å². The maximum atomic E-state index is 13.7. The van der Waals surface area contributed by atoms with Crippen LogP contribution in [0.1, 0.15) is 24.4 Å². The maximum absolute atomic E-state index is 13.7. The third-order valence-electron chi connectivity index (χ3n) is 4.71. The molecular weight excluding hydrogens is 354 g/mol. The normalized spacial score (nSPS) is 17.0. The molecule has 1 atom stereocenters. The number of amides is 1. The summed E-state index contributed by atoms with van der Waals surface area (Å²) in [5.74, 6) is -0.269. The van der Waals surface area contributed by atoms with Gasteiger partial charge in [0.15, 0.2) is 0 Å². The van der Waals surface area contributed by atoms with Crippen LogP contribution in [0.15, 0.2) is 36.4 Å². The molecule has 1 aliphatic rings. The average Bonchev–Trinajstić information content (AvgIpc) is 3.11. The molecule has 5 nitrogen and oxygen atoms in total. The number of carbonyl (C=O) groups is 1. The molecule has 1 saturated heterocycles. The molecular formula is C20H22F2N2O3. The second kappa shape index (κ2) is 8.35. The first-order valence-corrected chi connectivity index (χ1v) is 8.72. The first-order chi connectivity index (χ1) is 13.0. The van der Waals surface area contributed by atoms with Gasteiger partial charge < -0.3 is 14.8 Å². The van der Waals surface area contributed by atoms with Crippen LogP contribution >= 0.6 is 0 Å². The molecule has 1 N–H and O–H groups in total. The van der Waals surface area contributed by atoms with Crippen LogP contribution in [0.5, 0.6) is 11.5 Å². The highest BCUT2D eigenvalue weighted by atomic mass is 19.1. The molecule has 0 aromatic heterocycles. The summed E-state index contributed by atoms with van der Waals surface area (Å²) < 4.78 is 37.7. The Kier molecular flexibility index (Phi) is 5.91. The molecule has 1 unspecified atom stereocenters. The summed E-state index contributed by atoms with van der Waals surface area (Å²) in [6, 6.07) is 8.59. The van der Waals surface area contributed by atoms with Gasteiger partial charge in [-0.25, -0.2) is 8.78 Å². The van der Waals surface area contributed by atoms with Crippen LogP contribution in [0.3, 0.4) is 0 Å². The van der Waals surface area contributed by atoms with Gasteiger partial charge in [0, 0.05) is 23.7 Å². The van der Waals surface area contributed by atoms with Crippen molar-refractivity contribution in [3.63, 3.8) is 0 Å². The van der Waals surface area contributed by atoms with Crippen LogP contribution in [-0.2, 0) is 4.79 Å². The molecule has 3 rings (SSSR count). The zero-order valence-corrected chi connectivity index (χ0v) is 15.3. The van der Waals surface area contributed by atoms with Crippen molar-refractivity contribution in [2.75, 3.05) is 32.6 Å². The van der Waals surface area contributed by atoms with Gasteiger partial charge in [0.2, 0.25) is 5.91 Å². The summed E-state index contributed by atoms with van der Waals surface area (Å²) in [5.41, 5.74) is 0.818. The lowest BCUT2D eigenvalue weighted by molar-refractivity contribution is -0.117. The van der Waals surface area contributed by atoms with Crippen LogP contribution in [-0.4, -0.2) is 38.1 Å². The molecule has 1 fully saturated rings. The molecule has 0 radical (unpaired) electrons. The minimum absolute atomic E-state index is 0.00830. The third-order valence-corrected chi connectivity index (χ3v) is 4.71. The molecule has 2 aromatic carbocycles. The lowest BCUT2D eigenvalue weighted by Crippen LogP contribution is -2.33. The van der Waals surface area contributed by atoms with E-state index in [2.05, 4.69) is 5.32 Å². The van der Waals surface area contributed by atoms with E-state index >= 15 is 0 Å². The predicted octanol–water partition coefficient (Wildman–Crippen LogP) is 3.76. The van der Waals surface area contributed by atoms with E-state index in [1.165, 1.54) is 0 Å². The Hall–Kier alpha value is -2.67. The number of hydrogen-bond donors (Lipinski definition) is 1. The summed E-state index contributed by atoms with van der Waals surface area (Å²) in [5, 5.41) is 2.45. The number of benzene rings is 2. The van der Waals surface area contributed by atoms with Crippen molar-refractivity contribution in [1.82, 2.24) is 4.90 Å². The van der Waals surface area contributed by atoms with Crippen LogP contribution in [0.2, 0.25) is 0 Å². The number of nitrogens with zero attached hydrogens (tertiary/aromatic N) is 1. The molecule has 0 spiro atoms. The van der Waals surface area contributed by atoms with Gasteiger partial charge in [-0.15, -0.1) is 0 Å². The van der Waals surface area contributed by atoms with Crippen molar-refractivity contribution < 1.29 is 23.0 Å². The van der Waals surface area contributed by atoms with E-state index in [4.69, 9.17) is 9.47 Å². The smallest absolute Gasteiger partial charge is 0.238 e. The van der Waals surface area contributed by atoms with Crippen molar-refractivity contribution in [2.24, 2.45) is 0 Å². The van der Waals surface area contributed by atoms with E-state index < -0.39 is 11.6 Å². The topological polar surface area (TPSA) is 50.8 Å². The van der Waals surface area contributed by atoms with Crippen molar-refractivity contribution in [2.45, 2.75) is 18.9 Å². The summed E-state index contributed by atoms with van der Waals surface area (Å²) in [6.07, 6.45) is 1.81. The average molecular weight is 376 g/mol. The number of halogens is 2. The lowest BCUT2D eigenvalue weighted by Gasteiger charge is -2.26. The summed E-state index contributed by atoms with van der Waals surface area (Å²) >= 11 is 0. The van der Waals surface area contributed by atoms with E-state index in [0.717, 1.165) is 43.1 Å². The fourth-order valence-corrected chi connectivity index (χ4v) is 3.43. The molecule has 0 bridgehead atoms. The Morgan fingerprint density at radius 3 is 2.74 bits per heavy atom. The van der Waals surface area contributed by atoms with Crippen LogP contribution in [0, 0.1) is 11.6 Å². The van der Waals surface area contributed by atoms with Gasteiger partial charge in [0.05, 0.1) is 26.5 Å². The lowest BCUT2D eigenvalue weighted by atomic mass is 10.0. The Labute approximate surface area is 156 Å². The number of nitrogens with one attached hydrogen (secondary N) is 1. The molecule has 1 heterocycles. The van der Waals surface area contributed by atoms with Crippen molar-refractivity contribution in [3.05, 3.63) is 53.6 Å². The Balaban J connectivity index is 1.73. The minimum atomic E-state index is -0.667. The van der Waals surface area contributed by atoms with Crippen molar-refractivity contribution in [3.8, 4) is 11.5 Å². The minimum Gasteiger partial charge on any atom is -0.497 e. The standard InChI is InChI=1S/C20H22F2N2O3/c1-26-14-6-7-15(19(11-14)27-2)18-4-3-9-24(18)12-20(25)23-17-10-13(21)5-8-16(17)22/h5-8,10-11,18H,3-4,9,12H2,1-2H3,(H,23,25). The van der Waals surface area contributed by atoms with Crippen molar-refractivity contribution in [1.29, 1.82) is 0 Å². The molecule has 0 aliphatic carbocycles. The Bertz CT molecular complexity index is 829. The summed E-state index contributed by atoms with van der Waals surface area (Å²) in [4.78, 5) is 14.4. The molecule has 1 amide bonds. The first-order valence-electron chi connectivity index (χ1n) is 8.72. The monoisotopic (exact) mass is 376 g/mol. The van der Waals surface area contributed by atoms with Crippen LogP contribution in [0.4, 0.5) is 14.5 Å². The highest BCUT2D eigenvalue weighted by Crippen LogP contribution is 2.38. The second-order valence-electron chi connectivity index (χ2n) is 6.41. The van der Waals surface area contributed by atoms with Gasteiger partial charge in [0.1, 0.15) is 23.1 Å². The molecule has 7 heteroatoms. The fraction of sp³-hybridized carbons (Fsp3) is 0.350. The van der Waals surface area contributed by atoms with Gasteiger partial charge in [-0.1, -0.05) is 6.07 Å². The van der Waals surface area contributed by atoms with Gasteiger partial charge in [0.25, 0.3) is 0 Å².